The predicted molar refractivity (Wildman–Crippen MR) is 115 cm³/mol. The number of carbonyl (C=O) groups is 6. The van der Waals surface area contributed by atoms with E-state index in [0.717, 1.165) is 0 Å². The smallest absolute Gasteiger partial charge is 0.326 e. The number of aliphatic carboxylic acids is 2. The summed E-state index contributed by atoms with van der Waals surface area (Å²) in [6.45, 7) is 3.56. The van der Waals surface area contributed by atoms with Gasteiger partial charge in [-0.05, 0) is 31.7 Å². The van der Waals surface area contributed by atoms with Crippen LogP contribution in [0.3, 0.4) is 0 Å². The van der Waals surface area contributed by atoms with Gasteiger partial charge < -0.3 is 43.4 Å². The van der Waals surface area contributed by atoms with Crippen molar-refractivity contribution >= 4 is 35.6 Å². The summed E-state index contributed by atoms with van der Waals surface area (Å²) in [5.74, 6) is -6.76. The van der Waals surface area contributed by atoms with Crippen LogP contribution in [0.15, 0.2) is 0 Å². The molecule has 0 aromatic heterocycles. The van der Waals surface area contributed by atoms with Crippen molar-refractivity contribution in [1.82, 2.24) is 16.0 Å². The highest BCUT2D eigenvalue weighted by Gasteiger charge is 2.32. The van der Waals surface area contributed by atoms with Gasteiger partial charge in [-0.3, -0.25) is 24.0 Å². The maximum absolute atomic E-state index is 12.7. The molecule has 0 fully saturated rings. The molecule has 11 N–H and O–H groups in total. The zero-order valence-electron chi connectivity index (χ0n) is 18.7. The lowest BCUT2D eigenvalue weighted by Gasteiger charge is -2.26. The SMILES string of the molecule is CC(C)C(NC(=O)C(CC(N)=O)NC(=O)C(N)CC(=O)O)C(=O)NC(CCCCN)C(=O)O. The molecule has 33 heavy (non-hydrogen) atoms. The summed E-state index contributed by atoms with van der Waals surface area (Å²) in [5, 5.41) is 25.0. The molecule has 4 unspecified atom stereocenters. The highest BCUT2D eigenvalue weighted by molar-refractivity contribution is 5.96. The lowest BCUT2D eigenvalue weighted by atomic mass is 10.0. The third-order valence-corrected chi connectivity index (χ3v) is 4.58. The molecule has 0 aliphatic heterocycles. The van der Waals surface area contributed by atoms with Gasteiger partial charge in [0.2, 0.25) is 23.6 Å². The first-order valence-electron chi connectivity index (χ1n) is 10.4. The highest BCUT2D eigenvalue weighted by Crippen LogP contribution is 2.07. The van der Waals surface area contributed by atoms with Crippen molar-refractivity contribution < 1.29 is 39.0 Å². The van der Waals surface area contributed by atoms with Gasteiger partial charge >= 0.3 is 11.9 Å². The van der Waals surface area contributed by atoms with Gasteiger partial charge in [0.25, 0.3) is 0 Å². The van der Waals surface area contributed by atoms with Crippen LogP contribution in [0.4, 0.5) is 0 Å². The molecule has 0 aliphatic carbocycles. The Kier molecular flexibility index (Phi) is 13.3. The van der Waals surface area contributed by atoms with E-state index in [1.807, 2.05) is 0 Å². The molecule has 0 rings (SSSR count). The Morgan fingerprint density at radius 3 is 1.85 bits per heavy atom. The van der Waals surface area contributed by atoms with Crippen molar-refractivity contribution in [2.24, 2.45) is 23.1 Å². The third kappa shape index (κ3) is 11.8. The summed E-state index contributed by atoms with van der Waals surface area (Å²) in [6, 6.07) is -5.41. The number of amides is 4. The minimum Gasteiger partial charge on any atom is -0.481 e. The summed E-state index contributed by atoms with van der Waals surface area (Å²) in [6.07, 6.45) is -0.174. The van der Waals surface area contributed by atoms with Gasteiger partial charge in [0.1, 0.15) is 18.1 Å². The number of carboxylic acid groups (broad SMARTS) is 2. The van der Waals surface area contributed by atoms with E-state index in [1.165, 1.54) is 0 Å². The number of primary amides is 1. The molecule has 0 aromatic carbocycles. The second kappa shape index (κ2) is 14.7. The van der Waals surface area contributed by atoms with Crippen LogP contribution in [-0.4, -0.2) is 76.5 Å². The molecule has 0 aliphatic rings. The quantitative estimate of drug-likeness (QED) is 0.105. The van der Waals surface area contributed by atoms with Crippen LogP contribution in [-0.2, 0) is 28.8 Å². The summed E-state index contributed by atoms with van der Waals surface area (Å²) < 4.78 is 0. The van der Waals surface area contributed by atoms with Crippen molar-refractivity contribution in [3.05, 3.63) is 0 Å². The van der Waals surface area contributed by atoms with Crippen LogP contribution < -0.4 is 33.2 Å². The summed E-state index contributed by atoms with van der Waals surface area (Å²) in [4.78, 5) is 71.0. The molecule has 14 heteroatoms. The Bertz CT molecular complexity index is 729. The Morgan fingerprint density at radius 2 is 1.39 bits per heavy atom. The van der Waals surface area contributed by atoms with Crippen molar-refractivity contribution in [1.29, 1.82) is 0 Å². The monoisotopic (exact) mass is 474 g/mol. The number of carbonyl (C=O) groups excluding carboxylic acids is 4. The maximum Gasteiger partial charge on any atom is 0.326 e. The van der Waals surface area contributed by atoms with Gasteiger partial charge in [0.15, 0.2) is 0 Å². The van der Waals surface area contributed by atoms with E-state index in [0.29, 0.717) is 19.4 Å². The summed E-state index contributed by atoms with van der Waals surface area (Å²) in [5.41, 5.74) is 16.0. The predicted octanol–water partition coefficient (Wildman–Crippen LogP) is -3.01. The van der Waals surface area contributed by atoms with Crippen molar-refractivity contribution in [3.63, 3.8) is 0 Å². The topological polar surface area (TPSA) is 257 Å². The molecule has 0 saturated carbocycles. The van der Waals surface area contributed by atoms with E-state index in [2.05, 4.69) is 16.0 Å². The number of carboxylic acids is 2. The molecular weight excluding hydrogens is 440 g/mol. The number of rotatable bonds is 16. The Morgan fingerprint density at radius 1 is 0.818 bits per heavy atom. The van der Waals surface area contributed by atoms with Crippen molar-refractivity contribution in [2.75, 3.05) is 6.54 Å². The summed E-state index contributed by atoms with van der Waals surface area (Å²) >= 11 is 0. The van der Waals surface area contributed by atoms with E-state index in [1.54, 1.807) is 13.8 Å². The second-order valence-electron chi connectivity index (χ2n) is 7.85. The molecule has 0 radical (unpaired) electrons. The van der Waals surface area contributed by atoms with E-state index < -0.39 is 78.5 Å². The van der Waals surface area contributed by atoms with E-state index in [-0.39, 0.29) is 6.42 Å². The largest absolute Gasteiger partial charge is 0.481 e. The van der Waals surface area contributed by atoms with Gasteiger partial charge in [-0.2, -0.15) is 0 Å². The fourth-order valence-electron chi connectivity index (χ4n) is 2.77. The molecule has 0 spiro atoms. The molecule has 0 bridgehead atoms. The lowest BCUT2D eigenvalue weighted by molar-refractivity contribution is -0.143. The molecule has 0 saturated heterocycles. The minimum absolute atomic E-state index is 0.138. The van der Waals surface area contributed by atoms with Crippen molar-refractivity contribution in [2.45, 2.75) is 70.1 Å². The first kappa shape index (κ1) is 29.7. The van der Waals surface area contributed by atoms with E-state index >= 15 is 0 Å². The molecule has 4 atom stereocenters. The van der Waals surface area contributed by atoms with Gasteiger partial charge in [-0.1, -0.05) is 13.8 Å². The maximum atomic E-state index is 12.7. The lowest BCUT2D eigenvalue weighted by Crippen LogP contribution is -2.59. The van der Waals surface area contributed by atoms with Crippen LogP contribution in [0.25, 0.3) is 0 Å². The van der Waals surface area contributed by atoms with Gasteiger partial charge in [0, 0.05) is 0 Å². The fraction of sp³-hybridized carbons (Fsp3) is 0.684. The molecular formula is C19H34N6O8. The first-order chi connectivity index (χ1) is 15.3. The third-order valence-electron chi connectivity index (χ3n) is 4.58. The van der Waals surface area contributed by atoms with E-state index in [9.17, 15) is 33.9 Å². The molecule has 0 aromatic rings. The number of nitrogens with one attached hydrogen (secondary N) is 3. The van der Waals surface area contributed by atoms with Crippen LogP contribution in [0.5, 0.6) is 0 Å². The van der Waals surface area contributed by atoms with Crippen LogP contribution in [0.1, 0.15) is 46.0 Å². The number of hydrogen-bond acceptors (Lipinski definition) is 8. The first-order valence-corrected chi connectivity index (χ1v) is 10.4. The molecule has 188 valence electrons. The standard InChI is InChI=1S/C19H34N6O8/c1-9(2)15(18(31)23-11(19(32)33)5-3-4-6-20)25-17(30)12(8-13(22)26)24-16(29)10(21)7-14(27)28/h9-12,15H,3-8,20-21H2,1-2H3,(H2,22,26)(H,23,31)(H,24,29)(H,25,30)(H,27,28)(H,32,33). The van der Waals surface area contributed by atoms with Gasteiger partial charge in [-0.15, -0.1) is 0 Å². The zero-order valence-corrected chi connectivity index (χ0v) is 18.7. The fourth-order valence-corrected chi connectivity index (χ4v) is 2.77. The number of nitrogens with two attached hydrogens (primary N) is 3. The Labute approximate surface area is 191 Å². The Balaban J connectivity index is 5.39. The normalized spacial score (nSPS) is 14.5. The molecule has 4 amide bonds. The van der Waals surface area contributed by atoms with Crippen LogP contribution in [0, 0.1) is 5.92 Å². The van der Waals surface area contributed by atoms with Crippen molar-refractivity contribution in [3.8, 4) is 0 Å². The summed E-state index contributed by atoms with van der Waals surface area (Å²) in [7, 11) is 0. The number of hydrogen-bond donors (Lipinski definition) is 8. The Hall–Kier alpha value is -3.26. The average molecular weight is 475 g/mol. The van der Waals surface area contributed by atoms with E-state index in [4.69, 9.17) is 22.3 Å². The van der Waals surface area contributed by atoms with Gasteiger partial charge in [0.05, 0.1) is 18.9 Å². The highest BCUT2D eigenvalue weighted by atomic mass is 16.4. The molecule has 14 nitrogen and oxygen atoms in total. The zero-order chi connectivity index (χ0) is 25.7. The second-order valence-corrected chi connectivity index (χ2v) is 7.85. The van der Waals surface area contributed by atoms with Crippen LogP contribution >= 0.6 is 0 Å². The van der Waals surface area contributed by atoms with Gasteiger partial charge in [-0.25, -0.2) is 4.79 Å². The average Bonchev–Trinajstić information content (AvgIpc) is 2.69. The minimum atomic E-state index is -1.52. The molecule has 0 heterocycles. The number of unbranched alkanes of at least 4 members (excludes halogenated alkanes) is 1. The van der Waals surface area contributed by atoms with Crippen LogP contribution in [0.2, 0.25) is 0 Å².